The first kappa shape index (κ1) is 10.8. The van der Waals surface area contributed by atoms with Gasteiger partial charge in [-0.25, -0.2) is 8.78 Å². The van der Waals surface area contributed by atoms with Gasteiger partial charge in [0.2, 0.25) is 0 Å². The van der Waals surface area contributed by atoms with Gasteiger partial charge in [0.05, 0.1) is 0 Å². The number of alkyl halides is 2. The fourth-order valence-corrected chi connectivity index (χ4v) is 0.527. The molecule has 0 spiro atoms. The van der Waals surface area contributed by atoms with E-state index >= 15 is 0 Å². The molecule has 4 heteroatoms. The van der Waals surface area contributed by atoms with Crippen molar-refractivity contribution < 1.29 is 13.9 Å². The second kappa shape index (κ2) is 3.97. The lowest BCUT2D eigenvalue weighted by Gasteiger charge is -2.19. The minimum Gasteiger partial charge on any atom is -0.386 e. The second-order valence-corrected chi connectivity index (χ2v) is 3.04. The summed E-state index contributed by atoms with van der Waals surface area (Å²) in [6.45, 7) is 4.31. The maximum absolute atomic E-state index is 12.3. The van der Waals surface area contributed by atoms with Gasteiger partial charge in [-0.05, 0) is 0 Å². The van der Waals surface area contributed by atoms with E-state index < -0.39 is 12.0 Å². The number of aliphatic hydroxyl groups is 1. The van der Waals surface area contributed by atoms with Crippen LogP contribution in [0.15, 0.2) is 0 Å². The van der Waals surface area contributed by atoms with Gasteiger partial charge in [-0.2, -0.15) is 0 Å². The predicted octanol–water partition coefficient (Wildman–Crippen LogP) is 1.00. The maximum Gasteiger partial charge on any atom is 0.271 e. The minimum absolute atomic E-state index is 0.0683. The minimum atomic E-state index is -3.01. The fourth-order valence-electron chi connectivity index (χ4n) is 0.527. The third-order valence-corrected chi connectivity index (χ3v) is 1.30. The van der Waals surface area contributed by atoms with Gasteiger partial charge in [0.1, 0.15) is 6.10 Å². The lowest BCUT2D eigenvalue weighted by molar-refractivity contribution is -0.0915. The summed E-state index contributed by atoms with van der Waals surface area (Å²) in [5.74, 6) is -3.01. The summed E-state index contributed by atoms with van der Waals surface area (Å²) in [5, 5.41) is 11.5. The lowest BCUT2D eigenvalue weighted by Crippen LogP contribution is -2.41. The molecule has 11 heavy (non-hydrogen) atoms. The quantitative estimate of drug-likeness (QED) is 0.654. The Bertz CT molecular complexity index is 111. The molecule has 1 unspecified atom stereocenters. The van der Waals surface area contributed by atoms with Gasteiger partial charge in [-0.15, -0.1) is 0 Å². The molecule has 0 heterocycles. The summed E-state index contributed by atoms with van der Waals surface area (Å²) in [6, 6.07) is 0.118. The van der Waals surface area contributed by atoms with E-state index in [0.29, 0.717) is 6.92 Å². The normalized spacial score (nSPS) is 15.5. The molecule has 0 amide bonds. The summed E-state index contributed by atoms with van der Waals surface area (Å²) in [5.41, 5.74) is 0. The molecule has 0 rings (SSSR count). The number of nitrogens with one attached hydrogen (secondary N) is 1. The Morgan fingerprint density at radius 1 is 1.45 bits per heavy atom. The van der Waals surface area contributed by atoms with Gasteiger partial charge in [-0.3, -0.25) is 0 Å². The first-order chi connectivity index (χ1) is 4.84. The van der Waals surface area contributed by atoms with E-state index in [1.807, 2.05) is 13.8 Å². The standard InChI is InChI=1S/C7H15F2NO/c1-5(2)10-4-6(11)7(3,8)9/h5-6,10-11H,4H2,1-3H3. The van der Waals surface area contributed by atoms with Crippen molar-refractivity contribution in [3.8, 4) is 0 Å². The SMILES string of the molecule is CC(C)NCC(O)C(C)(F)F. The molecule has 0 aliphatic rings. The number of rotatable bonds is 4. The molecule has 0 fully saturated rings. The molecule has 0 aliphatic carbocycles. The van der Waals surface area contributed by atoms with Gasteiger partial charge in [0.25, 0.3) is 5.92 Å². The van der Waals surface area contributed by atoms with Gasteiger partial charge in [0.15, 0.2) is 0 Å². The summed E-state index contributed by atoms with van der Waals surface area (Å²) in [4.78, 5) is 0. The van der Waals surface area contributed by atoms with Gasteiger partial charge in [0, 0.05) is 19.5 Å². The van der Waals surface area contributed by atoms with Gasteiger partial charge >= 0.3 is 0 Å². The van der Waals surface area contributed by atoms with E-state index in [-0.39, 0.29) is 12.6 Å². The topological polar surface area (TPSA) is 32.3 Å². The van der Waals surface area contributed by atoms with Crippen LogP contribution in [-0.2, 0) is 0 Å². The zero-order valence-corrected chi connectivity index (χ0v) is 7.06. The molecule has 0 aliphatic heterocycles. The second-order valence-electron chi connectivity index (χ2n) is 3.04. The van der Waals surface area contributed by atoms with Crippen molar-refractivity contribution in [3.05, 3.63) is 0 Å². The van der Waals surface area contributed by atoms with Crippen molar-refractivity contribution in [3.63, 3.8) is 0 Å². The van der Waals surface area contributed by atoms with Crippen LogP contribution in [0, 0.1) is 0 Å². The average Bonchev–Trinajstić information content (AvgIpc) is 1.80. The molecule has 68 valence electrons. The Morgan fingerprint density at radius 2 is 1.91 bits per heavy atom. The van der Waals surface area contributed by atoms with E-state index in [0.717, 1.165) is 0 Å². The highest BCUT2D eigenvalue weighted by Crippen LogP contribution is 2.16. The summed E-state index contributed by atoms with van der Waals surface area (Å²) < 4.78 is 24.6. The van der Waals surface area contributed by atoms with Crippen LogP contribution in [0.2, 0.25) is 0 Å². The van der Waals surface area contributed by atoms with Gasteiger partial charge < -0.3 is 10.4 Å². The summed E-state index contributed by atoms with van der Waals surface area (Å²) in [7, 11) is 0. The largest absolute Gasteiger partial charge is 0.386 e. The smallest absolute Gasteiger partial charge is 0.271 e. The van der Waals surface area contributed by atoms with E-state index in [1.54, 1.807) is 0 Å². The van der Waals surface area contributed by atoms with Crippen LogP contribution in [-0.4, -0.2) is 29.7 Å². The Morgan fingerprint density at radius 3 is 2.18 bits per heavy atom. The zero-order valence-electron chi connectivity index (χ0n) is 7.06. The van der Waals surface area contributed by atoms with E-state index in [4.69, 9.17) is 5.11 Å². The molecule has 0 bridgehead atoms. The third-order valence-electron chi connectivity index (χ3n) is 1.30. The third kappa shape index (κ3) is 5.09. The van der Waals surface area contributed by atoms with Crippen LogP contribution < -0.4 is 5.32 Å². The average molecular weight is 167 g/mol. The monoisotopic (exact) mass is 167 g/mol. The predicted molar refractivity (Wildman–Crippen MR) is 39.8 cm³/mol. The molecule has 2 N–H and O–H groups in total. The van der Waals surface area contributed by atoms with E-state index in [9.17, 15) is 8.78 Å². The van der Waals surface area contributed by atoms with Crippen molar-refractivity contribution in [2.75, 3.05) is 6.54 Å². The van der Waals surface area contributed by atoms with Crippen LogP contribution in [0.25, 0.3) is 0 Å². The number of halogens is 2. The molecule has 0 saturated heterocycles. The molecular weight excluding hydrogens is 152 g/mol. The highest BCUT2D eigenvalue weighted by molar-refractivity contribution is 4.73. The maximum atomic E-state index is 12.3. The number of hydrogen-bond donors (Lipinski definition) is 2. The van der Waals surface area contributed by atoms with Crippen LogP contribution in [0.1, 0.15) is 20.8 Å². The Kier molecular flexibility index (Phi) is 3.89. The molecule has 0 saturated carbocycles. The summed E-state index contributed by atoms with van der Waals surface area (Å²) >= 11 is 0. The Hall–Kier alpha value is -0.220. The Balaban J connectivity index is 3.61. The molecule has 1 atom stereocenters. The Labute approximate surface area is 65.6 Å². The number of aliphatic hydroxyl groups excluding tert-OH is 1. The number of hydrogen-bond acceptors (Lipinski definition) is 2. The zero-order chi connectivity index (χ0) is 9.07. The molecule has 0 aromatic carbocycles. The van der Waals surface area contributed by atoms with Crippen LogP contribution in [0.4, 0.5) is 8.78 Å². The lowest BCUT2D eigenvalue weighted by atomic mass is 10.2. The highest BCUT2D eigenvalue weighted by Gasteiger charge is 2.31. The van der Waals surface area contributed by atoms with Crippen molar-refractivity contribution in [1.82, 2.24) is 5.32 Å². The molecule has 2 nitrogen and oxygen atoms in total. The van der Waals surface area contributed by atoms with Crippen LogP contribution in [0.5, 0.6) is 0 Å². The van der Waals surface area contributed by atoms with E-state index in [2.05, 4.69) is 5.32 Å². The van der Waals surface area contributed by atoms with Crippen molar-refractivity contribution in [2.24, 2.45) is 0 Å². The highest BCUT2D eigenvalue weighted by atomic mass is 19.3. The summed E-state index contributed by atoms with van der Waals surface area (Å²) in [6.07, 6.45) is -1.59. The van der Waals surface area contributed by atoms with Crippen LogP contribution >= 0.6 is 0 Å². The van der Waals surface area contributed by atoms with Gasteiger partial charge in [-0.1, -0.05) is 13.8 Å². The molecular formula is C7H15F2NO. The molecule has 0 radical (unpaired) electrons. The van der Waals surface area contributed by atoms with Crippen molar-refractivity contribution >= 4 is 0 Å². The van der Waals surface area contributed by atoms with E-state index in [1.165, 1.54) is 0 Å². The van der Waals surface area contributed by atoms with Crippen molar-refractivity contribution in [1.29, 1.82) is 0 Å². The molecule has 0 aromatic heterocycles. The first-order valence-electron chi connectivity index (χ1n) is 3.63. The van der Waals surface area contributed by atoms with Crippen molar-refractivity contribution in [2.45, 2.75) is 38.8 Å². The molecule has 0 aromatic rings. The fraction of sp³-hybridized carbons (Fsp3) is 1.00. The first-order valence-corrected chi connectivity index (χ1v) is 3.63. The van der Waals surface area contributed by atoms with Crippen LogP contribution in [0.3, 0.4) is 0 Å².